The summed E-state index contributed by atoms with van der Waals surface area (Å²) in [5, 5.41) is 12.4. The smallest absolute Gasteiger partial charge is 0.318 e. The number of anilines is 2. The first-order valence-corrected chi connectivity index (χ1v) is 8.65. The van der Waals surface area contributed by atoms with Gasteiger partial charge in [0, 0.05) is 18.4 Å². The predicted octanol–water partition coefficient (Wildman–Crippen LogP) is 3.44. The number of urea groups is 1. The van der Waals surface area contributed by atoms with E-state index in [2.05, 4.69) is 21.0 Å². The molecule has 1 aromatic heterocycles. The zero-order valence-corrected chi connectivity index (χ0v) is 15.2. The van der Waals surface area contributed by atoms with E-state index in [1.807, 2.05) is 37.3 Å². The average molecular weight is 363 g/mol. The van der Waals surface area contributed by atoms with Crippen LogP contribution in [0.15, 0.2) is 60.8 Å². The molecule has 0 saturated carbocycles. The maximum absolute atomic E-state index is 12.7. The van der Waals surface area contributed by atoms with Crippen molar-refractivity contribution in [2.75, 3.05) is 17.7 Å². The van der Waals surface area contributed by atoms with Crippen LogP contribution in [0.25, 0.3) is 5.69 Å². The van der Waals surface area contributed by atoms with Gasteiger partial charge >= 0.3 is 6.03 Å². The monoisotopic (exact) mass is 363 g/mol. The van der Waals surface area contributed by atoms with E-state index in [4.69, 9.17) is 0 Å². The van der Waals surface area contributed by atoms with Crippen molar-refractivity contribution in [3.05, 3.63) is 72.1 Å². The van der Waals surface area contributed by atoms with E-state index in [0.717, 1.165) is 11.4 Å². The van der Waals surface area contributed by atoms with Crippen LogP contribution in [0.4, 0.5) is 16.2 Å². The molecule has 0 spiro atoms. The van der Waals surface area contributed by atoms with Gasteiger partial charge in [-0.1, -0.05) is 25.1 Å². The Labute approximate surface area is 157 Å². The van der Waals surface area contributed by atoms with Crippen molar-refractivity contribution in [3.63, 3.8) is 0 Å². The zero-order valence-electron chi connectivity index (χ0n) is 15.2. The molecule has 3 aromatic rings. The molecule has 0 aliphatic carbocycles. The highest BCUT2D eigenvalue weighted by Gasteiger charge is 2.17. The Bertz CT molecular complexity index is 933. The molecule has 3 rings (SSSR count). The Morgan fingerprint density at radius 2 is 1.59 bits per heavy atom. The lowest BCUT2D eigenvalue weighted by molar-refractivity contribution is 0.102. The summed E-state index contributed by atoms with van der Waals surface area (Å²) in [5.74, 6) is -0.221. The lowest BCUT2D eigenvalue weighted by atomic mass is 10.1. The van der Waals surface area contributed by atoms with Gasteiger partial charge in [0.1, 0.15) is 0 Å². The Morgan fingerprint density at radius 1 is 0.963 bits per heavy atom. The molecule has 3 N–H and O–H groups in total. The van der Waals surface area contributed by atoms with E-state index < -0.39 is 0 Å². The lowest BCUT2D eigenvalue weighted by Crippen LogP contribution is -2.24. The molecule has 0 unspecified atom stereocenters. The summed E-state index contributed by atoms with van der Waals surface area (Å²) in [6.45, 7) is 1.99. The minimum Gasteiger partial charge on any atom is -0.341 e. The predicted molar refractivity (Wildman–Crippen MR) is 105 cm³/mol. The first kappa shape index (κ1) is 18.2. The first-order valence-electron chi connectivity index (χ1n) is 8.65. The van der Waals surface area contributed by atoms with Crippen LogP contribution in [0.1, 0.15) is 23.0 Å². The van der Waals surface area contributed by atoms with E-state index in [0.29, 0.717) is 23.4 Å². The van der Waals surface area contributed by atoms with Crippen molar-refractivity contribution in [2.24, 2.45) is 0 Å². The minimum atomic E-state index is -0.298. The van der Waals surface area contributed by atoms with Gasteiger partial charge < -0.3 is 16.0 Å². The average Bonchev–Trinajstić information content (AvgIpc) is 3.14. The van der Waals surface area contributed by atoms with Gasteiger partial charge in [0.25, 0.3) is 5.91 Å². The number of amides is 3. The van der Waals surface area contributed by atoms with Gasteiger partial charge in [0.05, 0.1) is 23.1 Å². The number of para-hydroxylation sites is 1. The second-order valence-corrected chi connectivity index (χ2v) is 5.84. The molecule has 0 atom stereocenters. The summed E-state index contributed by atoms with van der Waals surface area (Å²) in [4.78, 5) is 24.0. The second-order valence-electron chi connectivity index (χ2n) is 5.84. The van der Waals surface area contributed by atoms with Crippen molar-refractivity contribution >= 4 is 23.3 Å². The number of benzene rings is 2. The fourth-order valence-electron chi connectivity index (χ4n) is 2.72. The van der Waals surface area contributed by atoms with Crippen molar-refractivity contribution in [3.8, 4) is 5.69 Å². The van der Waals surface area contributed by atoms with Gasteiger partial charge in [-0.15, -0.1) is 0 Å². The summed E-state index contributed by atoms with van der Waals surface area (Å²) < 4.78 is 1.78. The molecule has 0 aliphatic heterocycles. The standard InChI is InChI=1S/C20H21N5O2/c1-3-18-17(13-22-25(18)16-7-5-4-6-8-16)19(26)23-14-9-11-15(12-10-14)24-20(27)21-2/h4-13H,3H2,1-2H3,(H,23,26)(H2,21,24,27). The normalized spacial score (nSPS) is 10.3. The molecular formula is C20H21N5O2. The SMILES string of the molecule is CCc1c(C(=O)Nc2ccc(NC(=O)NC)cc2)cnn1-c1ccccc1. The van der Waals surface area contributed by atoms with E-state index >= 15 is 0 Å². The van der Waals surface area contributed by atoms with Gasteiger partial charge in [-0.3, -0.25) is 4.79 Å². The Hall–Kier alpha value is -3.61. The summed E-state index contributed by atoms with van der Waals surface area (Å²) >= 11 is 0. The van der Waals surface area contributed by atoms with E-state index in [1.54, 1.807) is 42.2 Å². The molecule has 0 bridgehead atoms. The number of nitrogens with one attached hydrogen (secondary N) is 3. The molecule has 0 fully saturated rings. The van der Waals surface area contributed by atoms with Crippen LogP contribution in [0.2, 0.25) is 0 Å². The highest BCUT2D eigenvalue weighted by molar-refractivity contribution is 6.05. The fourth-order valence-corrected chi connectivity index (χ4v) is 2.72. The molecule has 7 nitrogen and oxygen atoms in total. The third kappa shape index (κ3) is 4.14. The summed E-state index contributed by atoms with van der Waals surface area (Å²) in [6.07, 6.45) is 2.26. The number of hydrogen-bond acceptors (Lipinski definition) is 3. The number of aromatic nitrogens is 2. The molecule has 0 aliphatic rings. The molecule has 7 heteroatoms. The first-order chi connectivity index (χ1) is 13.1. The van der Waals surface area contributed by atoms with Crippen LogP contribution < -0.4 is 16.0 Å². The van der Waals surface area contributed by atoms with Gasteiger partial charge in [0.15, 0.2) is 0 Å². The van der Waals surface area contributed by atoms with Gasteiger partial charge in [-0.2, -0.15) is 5.10 Å². The summed E-state index contributed by atoms with van der Waals surface area (Å²) in [7, 11) is 1.55. The van der Waals surface area contributed by atoms with Gasteiger partial charge in [-0.05, 0) is 42.8 Å². The molecule has 138 valence electrons. The Kier molecular flexibility index (Phi) is 5.51. The number of carbonyl (C=O) groups is 2. The molecule has 0 radical (unpaired) electrons. The Balaban J connectivity index is 1.77. The summed E-state index contributed by atoms with van der Waals surface area (Å²) in [6, 6.07) is 16.3. The quantitative estimate of drug-likeness (QED) is 0.649. The number of carbonyl (C=O) groups excluding carboxylic acids is 2. The van der Waals surface area contributed by atoms with Crippen LogP contribution in [0.5, 0.6) is 0 Å². The number of nitrogens with zero attached hydrogens (tertiary/aromatic N) is 2. The molecule has 27 heavy (non-hydrogen) atoms. The largest absolute Gasteiger partial charge is 0.341 e. The van der Waals surface area contributed by atoms with Crippen molar-refractivity contribution in [2.45, 2.75) is 13.3 Å². The van der Waals surface area contributed by atoms with Gasteiger partial charge in [0.2, 0.25) is 0 Å². The van der Waals surface area contributed by atoms with E-state index in [1.165, 1.54) is 0 Å². The van der Waals surface area contributed by atoms with Crippen LogP contribution >= 0.6 is 0 Å². The van der Waals surface area contributed by atoms with Crippen LogP contribution in [-0.4, -0.2) is 28.8 Å². The minimum absolute atomic E-state index is 0.221. The molecule has 1 heterocycles. The molecule has 2 aromatic carbocycles. The molecule has 3 amide bonds. The van der Waals surface area contributed by atoms with Crippen molar-refractivity contribution < 1.29 is 9.59 Å². The molecular weight excluding hydrogens is 342 g/mol. The zero-order chi connectivity index (χ0) is 19.2. The van der Waals surface area contributed by atoms with E-state index in [-0.39, 0.29) is 11.9 Å². The highest BCUT2D eigenvalue weighted by Crippen LogP contribution is 2.19. The Morgan fingerprint density at radius 3 is 2.19 bits per heavy atom. The third-order valence-electron chi connectivity index (χ3n) is 4.08. The van der Waals surface area contributed by atoms with E-state index in [9.17, 15) is 9.59 Å². The molecule has 0 saturated heterocycles. The maximum atomic E-state index is 12.7. The topological polar surface area (TPSA) is 88.1 Å². The highest BCUT2D eigenvalue weighted by atomic mass is 16.2. The maximum Gasteiger partial charge on any atom is 0.318 e. The fraction of sp³-hybridized carbons (Fsp3) is 0.150. The number of hydrogen-bond donors (Lipinski definition) is 3. The number of rotatable bonds is 5. The third-order valence-corrected chi connectivity index (χ3v) is 4.08. The summed E-state index contributed by atoms with van der Waals surface area (Å²) in [5.41, 5.74) is 3.57. The van der Waals surface area contributed by atoms with Crippen molar-refractivity contribution in [1.29, 1.82) is 0 Å². The lowest BCUT2D eigenvalue weighted by Gasteiger charge is -2.09. The van der Waals surface area contributed by atoms with Crippen LogP contribution in [0, 0.1) is 0 Å². The second kappa shape index (κ2) is 8.18. The van der Waals surface area contributed by atoms with Crippen molar-refractivity contribution in [1.82, 2.24) is 15.1 Å². The van der Waals surface area contributed by atoms with Gasteiger partial charge in [-0.25, -0.2) is 9.48 Å². The van der Waals surface area contributed by atoms with Crippen LogP contribution in [-0.2, 0) is 6.42 Å². The van der Waals surface area contributed by atoms with Crippen LogP contribution in [0.3, 0.4) is 0 Å².